The lowest BCUT2D eigenvalue weighted by molar-refractivity contribution is 0.0289. The summed E-state index contributed by atoms with van der Waals surface area (Å²) in [5.74, 6) is 0.225. The van der Waals surface area contributed by atoms with Crippen molar-refractivity contribution < 1.29 is 14.3 Å². The SMILES string of the molecule is CCCOC(=O)O[C@@H]1CN[C@H](C(c2ccccc2)c2ccccc2)C1. The Morgan fingerprint density at radius 3 is 2.24 bits per heavy atom. The van der Waals surface area contributed by atoms with E-state index in [9.17, 15) is 4.79 Å². The summed E-state index contributed by atoms with van der Waals surface area (Å²) >= 11 is 0. The molecule has 4 nitrogen and oxygen atoms in total. The Balaban J connectivity index is 1.72. The van der Waals surface area contributed by atoms with E-state index in [2.05, 4.69) is 53.8 Å². The predicted octanol–water partition coefficient (Wildman–Crippen LogP) is 4.11. The van der Waals surface area contributed by atoms with E-state index in [0.29, 0.717) is 13.2 Å². The first kappa shape index (κ1) is 17.5. The van der Waals surface area contributed by atoms with Gasteiger partial charge in [0.15, 0.2) is 0 Å². The van der Waals surface area contributed by atoms with E-state index in [1.165, 1.54) is 11.1 Å². The number of nitrogens with one attached hydrogen (secondary N) is 1. The summed E-state index contributed by atoms with van der Waals surface area (Å²) in [5.41, 5.74) is 2.53. The number of rotatable bonds is 6. The van der Waals surface area contributed by atoms with E-state index in [1.54, 1.807) is 0 Å². The van der Waals surface area contributed by atoms with Gasteiger partial charge in [-0.05, 0) is 17.5 Å². The second-order valence-electron chi connectivity index (χ2n) is 6.39. The molecule has 1 aliphatic heterocycles. The summed E-state index contributed by atoms with van der Waals surface area (Å²) < 4.78 is 10.5. The third kappa shape index (κ3) is 4.60. The van der Waals surface area contributed by atoms with Crippen LogP contribution in [0.5, 0.6) is 0 Å². The van der Waals surface area contributed by atoms with Gasteiger partial charge in [-0.25, -0.2) is 4.79 Å². The Bertz CT molecular complexity index is 620. The molecular formula is C21H25NO3. The fraction of sp³-hybridized carbons (Fsp3) is 0.381. The van der Waals surface area contributed by atoms with Gasteiger partial charge in [-0.1, -0.05) is 67.6 Å². The number of ether oxygens (including phenoxy) is 2. The second-order valence-corrected chi connectivity index (χ2v) is 6.39. The minimum atomic E-state index is -0.565. The Hall–Kier alpha value is -2.33. The topological polar surface area (TPSA) is 47.6 Å². The Morgan fingerprint density at radius 1 is 1.08 bits per heavy atom. The Kier molecular flexibility index (Phi) is 6.07. The summed E-state index contributed by atoms with van der Waals surface area (Å²) in [6, 6.07) is 21.2. The largest absolute Gasteiger partial charge is 0.508 e. The van der Waals surface area contributed by atoms with Crippen LogP contribution < -0.4 is 5.32 Å². The number of hydrogen-bond acceptors (Lipinski definition) is 4. The molecule has 2 aromatic carbocycles. The average molecular weight is 339 g/mol. The lowest BCUT2D eigenvalue weighted by Gasteiger charge is -2.25. The van der Waals surface area contributed by atoms with Crippen molar-refractivity contribution in [3.05, 3.63) is 71.8 Å². The molecule has 0 radical (unpaired) electrons. The molecule has 1 heterocycles. The molecular weight excluding hydrogens is 314 g/mol. The molecule has 0 unspecified atom stereocenters. The molecule has 1 N–H and O–H groups in total. The molecule has 2 aromatic rings. The lowest BCUT2D eigenvalue weighted by atomic mass is 9.84. The van der Waals surface area contributed by atoms with Crippen molar-refractivity contribution in [1.82, 2.24) is 5.32 Å². The Labute approximate surface area is 149 Å². The maximum absolute atomic E-state index is 11.7. The molecule has 4 heteroatoms. The molecule has 0 bridgehead atoms. The highest BCUT2D eigenvalue weighted by atomic mass is 16.7. The first-order valence-electron chi connectivity index (χ1n) is 8.94. The quantitative estimate of drug-likeness (QED) is 0.805. The Morgan fingerprint density at radius 2 is 1.68 bits per heavy atom. The van der Waals surface area contributed by atoms with Crippen molar-refractivity contribution >= 4 is 6.16 Å². The molecule has 0 aromatic heterocycles. The standard InChI is InChI=1S/C21H25NO3/c1-2-13-24-21(23)25-18-14-19(22-15-18)20(16-9-5-3-6-10-16)17-11-7-4-8-12-17/h3-12,18-20,22H,2,13-15H2,1H3/t18-,19-/m0/s1. The second kappa shape index (κ2) is 8.67. The van der Waals surface area contributed by atoms with Crippen molar-refractivity contribution in [3.8, 4) is 0 Å². The fourth-order valence-electron chi connectivity index (χ4n) is 3.41. The molecule has 0 aliphatic carbocycles. The third-order valence-electron chi connectivity index (χ3n) is 4.53. The monoisotopic (exact) mass is 339 g/mol. The van der Waals surface area contributed by atoms with Gasteiger partial charge in [0.25, 0.3) is 0 Å². The molecule has 1 saturated heterocycles. The van der Waals surface area contributed by atoms with E-state index < -0.39 is 6.16 Å². The van der Waals surface area contributed by atoms with Gasteiger partial charge < -0.3 is 14.8 Å². The molecule has 25 heavy (non-hydrogen) atoms. The molecule has 3 rings (SSSR count). The molecule has 0 saturated carbocycles. The van der Waals surface area contributed by atoms with Gasteiger partial charge in [-0.15, -0.1) is 0 Å². The van der Waals surface area contributed by atoms with Crippen LogP contribution in [0.15, 0.2) is 60.7 Å². The van der Waals surface area contributed by atoms with Crippen LogP contribution in [0.4, 0.5) is 4.79 Å². The van der Waals surface area contributed by atoms with Crippen LogP contribution in [-0.4, -0.2) is 31.5 Å². The van der Waals surface area contributed by atoms with E-state index in [4.69, 9.17) is 9.47 Å². The zero-order chi connectivity index (χ0) is 17.5. The third-order valence-corrected chi connectivity index (χ3v) is 4.53. The fourth-order valence-corrected chi connectivity index (χ4v) is 3.41. The number of carbonyl (C=O) groups excluding carboxylic acids is 1. The highest BCUT2D eigenvalue weighted by molar-refractivity contribution is 5.60. The van der Waals surface area contributed by atoms with Crippen molar-refractivity contribution in [2.45, 2.75) is 37.8 Å². The van der Waals surface area contributed by atoms with Gasteiger partial charge in [0.05, 0.1) is 6.61 Å². The number of benzene rings is 2. The van der Waals surface area contributed by atoms with Gasteiger partial charge in [0.2, 0.25) is 0 Å². The first-order valence-corrected chi connectivity index (χ1v) is 8.94. The zero-order valence-electron chi connectivity index (χ0n) is 14.6. The summed E-state index contributed by atoms with van der Waals surface area (Å²) in [5, 5.41) is 3.53. The van der Waals surface area contributed by atoms with Crippen LogP contribution in [0.3, 0.4) is 0 Å². The smallest absolute Gasteiger partial charge is 0.434 e. The van der Waals surface area contributed by atoms with E-state index in [-0.39, 0.29) is 18.1 Å². The molecule has 2 atom stereocenters. The zero-order valence-corrected chi connectivity index (χ0v) is 14.6. The van der Waals surface area contributed by atoms with Gasteiger partial charge in [0.1, 0.15) is 6.10 Å². The normalized spacial score (nSPS) is 19.8. The summed E-state index contributed by atoms with van der Waals surface area (Å²) in [6.07, 6.45) is 0.856. The number of carbonyl (C=O) groups is 1. The minimum Gasteiger partial charge on any atom is -0.434 e. The molecule has 1 aliphatic rings. The predicted molar refractivity (Wildman–Crippen MR) is 97.6 cm³/mol. The van der Waals surface area contributed by atoms with Crippen molar-refractivity contribution in [2.75, 3.05) is 13.2 Å². The van der Waals surface area contributed by atoms with E-state index >= 15 is 0 Å². The van der Waals surface area contributed by atoms with Crippen LogP contribution in [-0.2, 0) is 9.47 Å². The molecule has 1 fully saturated rings. The maximum atomic E-state index is 11.7. The summed E-state index contributed by atoms with van der Waals surface area (Å²) in [7, 11) is 0. The first-order chi connectivity index (χ1) is 12.3. The van der Waals surface area contributed by atoms with Crippen molar-refractivity contribution in [1.29, 1.82) is 0 Å². The van der Waals surface area contributed by atoms with Crippen LogP contribution in [0, 0.1) is 0 Å². The van der Waals surface area contributed by atoms with Gasteiger partial charge in [0, 0.05) is 24.9 Å². The minimum absolute atomic E-state index is 0.149. The highest BCUT2D eigenvalue weighted by Gasteiger charge is 2.34. The van der Waals surface area contributed by atoms with Crippen LogP contribution in [0.1, 0.15) is 36.8 Å². The van der Waals surface area contributed by atoms with Crippen LogP contribution >= 0.6 is 0 Å². The van der Waals surface area contributed by atoms with Crippen molar-refractivity contribution in [3.63, 3.8) is 0 Å². The van der Waals surface area contributed by atoms with Gasteiger partial charge >= 0.3 is 6.16 Å². The van der Waals surface area contributed by atoms with Gasteiger partial charge in [-0.2, -0.15) is 0 Å². The van der Waals surface area contributed by atoms with E-state index in [0.717, 1.165) is 12.8 Å². The van der Waals surface area contributed by atoms with Gasteiger partial charge in [-0.3, -0.25) is 0 Å². The van der Waals surface area contributed by atoms with Crippen LogP contribution in [0.25, 0.3) is 0 Å². The molecule has 0 spiro atoms. The molecule has 0 amide bonds. The maximum Gasteiger partial charge on any atom is 0.508 e. The van der Waals surface area contributed by atoms with Crippen molar-refractivity contribution in [2.24, 2.45) is 0 Å². The van der Waals surface area contributed by atoms with E-state index in [1.807, 2.05) is 19.1 Å². The average Bonchev–Trinajstić information content (AvgIpc) is 3.10. The molecule has 132 valence electrons. The van der Waals surface area contributed by atoms with Crippen LogP contribution in [0.2, 0.25) is 0 Å². The summed E-state index contributed by atoms with van der Waals surface area (Å²) in [6.45, 7) is 3.02. The highest BCUT2D eigenvalue weighted by Crippen LogP contribution is 2.32. The lowest BCUT2D eigenvalue weighted by Crippen LogP contribution is -2.29. The number of hydrogen-bond donors (Lipinski definition) is 1. The summed E-state index contributed by atoms with van der Waals surface area (Å²) in [4.78, 5) is 11.7.